The Bertz CT molecular complexity index is 1200. The fraction of sp³-hybridized carbons (Fsp3) is 0.211. The molecule has 0 heterocycles. The highest BCUT2D eigenvalue weighted by atomic mass is 32.2. The molecule has 5 nitrogen and oxygen atoms in total. The predicted molar refractivity (Wildman–Crippen MR) is 98.1 cm³/mol. The van der Waals surface area contributed by atoms with Gasteiger partial charge in [0.05, 0.1) is 5.56 Å². The maximum atomic E-state index is 13.5. The van der Waals surface area contributed by atoms with Gasteiger partial charge in [0.2, 0.25) is 0 Å². The van der Waals surface area contributed by atoms with Gasteiger partial charge in [0.25, 0.3) is 10.1 Å². The Balaban J connectivity index is 2.29. The SMILES string of the molecule is O=C(OC(CS(=O)(=O)O)(C(F)(F)F)C(F)(F)F)c1c2ccccc2cc2ccccc12. The average Bonchev–Trinajstić information content (AvgIpc) is 2.62. The smallest absolute Gasteiger partial charge is 0.435 e. The largest absolute Gasteiger partial charge is 0.438 e. The number of carbonyl (C=O) groups is 1. The Labute approximate surface area is 171 Å². The first-order valence-corrected chi connectivity index (χ1v) is 10.00. The minimum absolute atomic E-state index is 0.00342. The molecule has 12 heteroatoms. The normalized spacial score (nSPS) is 13.5. The molecule has 1 N–H and O–H groups in total. The third kappa shape index (κ3) is 4.17. The van der Waals surface area contributed by atoms with Crippen molar-refractivity contribution in [1.29, 1.82) is 0 Å². The number of ether oxygens (including phenoxy) is 1. The number of esters is 1. The minimum atomic E-state index is -6.41. The molecule has 0 saturated carbocycles. The highest BCUT2D eigenvalue weighted by Gasteiger charge is 2.76. The van der Waals surface area contributed by atoms with Gasteiger partial charge in [-0.25, -0.2) is 4.79 Å². The Hall–Kier alpha value is -2.86. The Morgan fingerprint density at radius 2 is 1.26 bits per heavy atom. The number of fused-ring (bicyclic) bond motifs is 2. The topological polar surface area (TPSA) is 80.7 Å². The van der Waals surface area contributed by atoms with Crippen LogP contribution in [-0.2, 0) is 14.9 Å². The number of hydrogen-bond acceptors (Lipinski definition) is 4. The van der Waals surface area contributed by atoms with Crippen LogP contribution in [0.4, 0.5) is 26.3 Å². The molecule has 3 aromatic rings. The Morgan fingerprint density at radius 3 is 1.65 bits per heavy atom. The second kappa shape index (κ2) is 7.38. The molecule has 0 spiro atoms. The van der Waals surface area contributed by atoms with Gasteiger partial charge in [-0.1, -0.05) is 48.5 Å². The summed E-state index contributed by atoms with van der Waals surface area (Å²) in [5, 5.41) is 0.646. The van der Waals surface area contributed by atoms with E-state index in [-0.39, 0.29) is 10.8 Å². The molecule has 0 radical (unpaired) electrons. The zero-order chi connectivity index (χ0) is 23.2. The molecule has 0 atom stereocenters. The molecule has 0 aliphatic heterocycles. The van der Waals surface area contributed by atoms with Crippen LogP contribution in [0.5, 0.6) is 0 Å². The molecule has 0 fully saturated rings. The van der Waals surface area contributed by atoms with E-state index in [0.717, 1.165) is 0 Å². The standard InChI is InChI=1S/C19H12F6O5S/c20-18(21,22)17(19(23,24)25,10-31(27,28)29)30-16(26)15-13-7-3-1-5-11(13)9-12-6-2-4-8-14(12)15/h1-9H,10H2,(H,27,28,29). The molecule has 31 heavy (non-hydrogen) atoms. The quantitative estimate of drug-likeness (QED) is 0.256. The van der Waals surface area contributed by atoms with Crippen LogP contribution in [0.1, 0.15) is 10.4 Å². The van der Waals surface area contributed by atoms with Crippen molar-refractivity contribution in [2.45, 2.75) is 18.0 Å². The van der Waals surface area contributed by atoms with Crippen molar-refractivity contribution < 1.29 is 48.8 Å². The number of hydrogen-bond donors (Lipinski definition) is 1. The van der Waals surface area contributed by atoms with E-state index in [9.17, 15) is 39.6 Å². The number of rotatable bonds is 4. The van der Waals surface area contributed by atoms with Crippen molar-refractivity contribution in [2.75, 3.05) is 5.75 Å². The Morgan fingerprint density at radius 1 is 0.839 bits per heavy atom. The van der Waals surface area contributed by atoms with E-state index in [1.165, 1.54) is 36.4 Å². The maximum Gasteiger partial charge on any atom is 0.438 e. The van der Waals surface area contributed by atoms with Crippen LogP contribution in [0, 0.1) is 0 Å². The van der Waals surface area contributed by atoms with E-state index in [4.69, 9.17) is 4.55 Å². The summed E-state index contributed by atoms with van der Waals surface area (Å²) in [5.74, 6) is -4.99. The zero-order valence-corrected chi connectivity index (χ0v) is 16.0. The summed E-state index contributed by atoms with van der Waals surface area (Å²) in [5.41, 5.74) is -6.09. The summed E-state index contributed by atoms with van der Waals surface area (Å²) in [7, 11) is -5.88. The van der Waals surface area contributed by atoms with Crippen molar-refractivity contribution in [3.8, 4) is 0 Å². The summed E-state index contributed by atoms with van der Waals surface area (Å²) in [6, 6.07) is 13.0. The summed E-state index contributed by atoms with van der Waals surface area (Å²) in [6.07, 6.45) is -12.8. The number of halogens is 6. The summed E-state index contributed by atoms with van der Waals surface area (Å²) in [4.78, 5) is 12.8. The lowest BCUT2D eigenvalue weighted by Gasteiger charge is -2.35. The monoisotopic (exact) mass is 466 g/mol. The van der Waals surface area contributed by atoms with Gasteiger partial charge in [-0.15, -0.1) is 0 Å². The third-order valence-corrected chi connectivity index (χ3v) is 5.32. The molecule has 0 aliphatic rings. The maximum absolute atomic E-state index is 13.5. The number of alkyl halides is 6. The molecule has 166 valence electrons. The van der Waals surface area contributed by atoms with Crippen molar-refractivity contribution in [1.82, 2.24) is 0 Å². The van der Waals surface area contributed by atoms with Crippen LogP contribution in [-0.4, -0.2) is 42.6 Å². The highest BCUT2D eigenvalue weighted by molar-refractivity contribution is 7.85. The third-order valence-electron chi connectivity index (χ3n) is 4.54. The molecule has 0 aliphatic carbocycles. The summed E-state index contributed by atoms with van der Waals surface area (Å²) >= 11 is 0. The van der Waals surface area contributed by atoms with Crippen LogP contribution in [0.2, 0.25) is 0 Å². The lowest BCUT2D eigenvalue weighted by atomic mass is 9.96. The molecule has 0 amide bonds. The molecule has 3 rings (SSSR count). The van der Waals surface area contributed by atoms with E-state index in [1.54, 1.807) is 18.2 Å². The van der Waals surface area contributed by atoms with Crippen molar-refractivity contribution in [3.05, 3.63) is 60.2 Å². The molecule has 0 bridgehead atoms. The molecule has 3 aromatic carbocycles. The van der Waals surface area contributed by atoms with Crippen LogP contribution in [0.25, 0.3) is 21.5 Å². The Kier molecular flexibility index (Phi) is 5.43. The zero-order valence-electron chi connectivity index (χ0n) is 15.2. The van der Waals surface area contributed by atoms with Crippen LogP contribution in [0.3, 0.4) is 0 Å². The van der Waals surface area contributed by atoms with Gasteiger partial charge in [-0.3, -0.25) is 4.55 Å². The van der Waals surface area contributed by atoms with E-state index < -0.39 is 45.4 Å². The molecule has 0 aromatic heterocycles. The van der Waals surface area contributed by atoms with E-state index in [1.807, 2.05) is 0 Å². The summed E-state index contributed by atoms with van der Waals surface area (Å²) < 4.78 is 116. The van der Waals surface area contributed by atoms with E-state index in [0.29, 0.717) is 10.8 Å². The fourth-order valence-electron chi connectivity index (χ4n) is 3.17. The first-order valence-electron chi connectivity index (χ1n) is 8.39. The van der Waals surface area contributed by atoms with Gasteiger partial charge >= 0.3 is 23.9 Å². The van der Waals surface area contributed by atoms with Crippen LogP contribution < -0.4 is 0 Å². The minimum Gasteiger partial charge on any atom is -0.435 e. The van der Waals surface area contributed by atoms with Gasteiger partial charge in [0, 0.05) is 0 Å². The van der Waals surface area contributed by atoms with Gasteiger partial charge < -0.3 is 4.74 Å². The van der Waals surface area contributed by atoms with Gasteiger partial charge in [-0.05, 0) is 27.6 Å². The van der Waals surface area contributed by atoms with E-state index >= 15 is 0 Å². The molecule has 0 saturated heterocycles. The average molecular weight is 466 g/mol. The van der Waals surface area contributed by atoms with Crippen molar-refractivity contribution in [2.24, 2.45) is 0 Å². The number of carbonyl (C=O) groups excluding carboxylic acids is 1. The lowest BCUT2D eigenvalue weighted by molar-refractivity contribution is -0.356. The van der Waals surface area contributed by atoms with E-state index in [2.05, 4.69) is 4.74 Å². The molecular weight excluding hydrogens is 454 g/mol. The van der Waals surface area contributed by atoms with Crippen LogP contribution >= 0.6 is 0 Å². The predicted octanol–water partition coefficient (Wildman–Crippen LogP) is 4.90. The fourth-order valence-corrected chi connectivity index (χ4v) is 4.07. The van der Waals surface area contributed by atoms with Gasteiger partial charge in [-0.2, -0.15) is 34.8 Å². The van der Waals surface area contributed by atoms with Gasteiger partial charge in [0.1, 0.15) is 5.75 Å². The first-order chi connectivity index (χ1) is 14.2. The van der Waals surface area contributed by atoms with Gasteiger partial charge in [0.15, 0.2) is 0 Å². The second-order valence-corrected chi connectivity index (χ2v) is 8.08. The van der Waals surface area contributed by atoms with Crippen molar-refractivity contribution in [3.63, 3.8) is 0 Å². The molecule has 0 unspecified atom stereocenters. The second-order valence-electron chi connectivity index (χ2n) is 6.63. The van der Waals surface area contributed by atoms with Crippen LogP contribution in [0.15, 0.2) is 54.6 Å². The highest BCUT2D eigenvalue weighted by Crippen LogP contribution is 2.47. The number of benzene rings is 3. The summed E-state index contributed by atoms with van der Waals surface area (Å²) in [6.45, 7) is 0. The molecular formula is C19H12F6O5S. The lowest BCUT2D eigenvalue weighted by Crippen LogP contribution is -2.63. The first kappa shape index (κ1) is 22.8. The van der Waals surface area contributed by atoms with Crippen molar-refractivity contribution >= 4 is 37.6 Å².